The predicted octanol–water partition coefficient (Wildman–Crippen LogP) is -0.933. The fourth-order valence-electron chi connectivity index (χ4n) is 2.16. The van der Waals surface area contributed by atoms with Crippen molar-refractivity contribution in [1.29, 1.82) is 0 Å². The normalized spacial score (nSPS) is 20.6. The van der Waals surface area contributed by atoms with Crippen LogP contribution in [0.15, 0.2) is 0 Å². The molecule has 0 aromatic heterocycles. The van der Waals surface area contributed by atoms with Crippen LogP contribution in [-0.2, 0) is 9.59 Å². The van der Waals surface area contributed by atoms with E-state index >= 15 is 0 Å². The first-order chi connectivity index (χ1) is 9.24. The minimum absolute atomic E-state index is 0.0149. The highest BCUT2D eigenvalue weighted by Gasteiger charge is 2.22. The molecule has 0 atom stereocenters. The molecule has 1 aliphatic carbocycles. The number of amides is 2. The van der Waals surface area contributed by atoms with Crippen molar-refractivity contribution in [3.8, 4) is 0 Å². The van der Waals surface area contributed by atoms with Gasteiger partial charge in [-0.15, -0.1) is 0 Å². The molecular weight excluding hydrogens is 244 g/mol. The molecule has 2 rings (SSSR count). The maximum absolute atomic E-state index is 11.7. The van der Waals surface area contributed by atoms with Gasteiger partial charge in [0.15, 0.2) is 0 Å². The Morgan fingerprint density at radius 3 is 2.79 bits per heavy atom. The van der Waals surface area contributed by atoms with E-state index in [-0.39, 0.29) is 11.8 Å². The van der Waals surface area contributed by atoms with E-state index in [0.29, 0.717) is 25.6 Å². The van der Waals surface area contributed by atoms with Crippen molar-refractivity contribution in [2.75, 3.05) is 39.3 Å². The van der Waals surface area contributed by atoms with E-state index < -0.39 is 0 Å². The van der Waals surface area contributed by atoms with Gasteiger partial charge in [0.2, 0.25) is 11.8 Å². The SMILES string of the molecule is O=C(CN1CCCNCC1)NCCC(=O)NC1CC1. The summed E-state index contributed by atoms with van der Waals surface area (Å²) < 4.78 is 0. The minimum atomic E-state index is 0.0149. The maximum Gasteiger partial charge on any atom is 0.234 e. The lowest BCUT2D eigenvalue weighted by atomic mass is 10.3. The Balaban J connectivity index is 1.54. The molecule has 0 aromatic rings. The molecule has 6 heteroatoms. The fourth-order valence-corrected chi connectivity index (χ4v) is 2.16. The van der Waals surface area contributed by atoms with Crippen molar-refractivity contribution < 1.29 is 9.59 Å². The minimum Gasteiger partial charge on any atom is -0.354 e. The lowest BCUT2D eigenvalue weighted by molar-refractivity contribution is -0.123. The van der Waals surface area contributed by atoms with Crippen molar-refractivity contribution >= 4 is 11.8 Å². The summed E-state index contributed by atoms with van der Waals surface area (Å²) in [4.78, 5) is 25.3. The van der Waals surface area contributed by atoms with E-state index in [1.165, 1.54) is 0 Å². The monoisotopic (exact) mass is 268 g/mol. The summed E-state index contributed by atoms with van der Waals surface area (Å²) in [7, 11) is 0. The summed E-state index contributed by atoms with van der Waals surface area (Å²) in [6.45, 7) is 4.71. The van der Waals surface area contributed by atoms with Crippen molar-refractivity contribution in [3.05, 3.63) is 0 Å². The van der Waals surface area contributed by atoms with Crippen molar-refractivity contribution in [1.82, 2.24) is 20.9 Å². The van der Waals surface area contributed by atoms with Gasteiger partial charge in [0.1, 0.15) is 0 Å². The summed E-state index contributed by atoms with van der Waals surface area (Å²) in [6.07, 6.45) is 3.66. The first kappa shape index (κ1) is 14.3. The van der Waals surface area contributed by atoms with Gasteiger partial charge in [-0.25, -0.2) is 0 Å². The topological polar surface area (TPSA) is 73.5 Å². The van der Waals surface area contributed by atoms with Crippen LogP contribution in [0.25, 0.3) is 0 Å². The molecule has 6 nitrogen and oxygen atoms in total. The number of carbonyl (C=O) groups excluding carboxylic acids is 2. The third-order valence-corrected chi connectivity index (χ3v) is 3.42. The third-order valence-electron chi connectivity index (χ3n) is 3.42. The van der Waals surface area contributed by atoms with Crippen LogP contribution >= 0.6 is 0 Å². The summed E-state index contributed by atoms with van der Waals surface area (Å²) >= 11 is 0. The third kappa shape index (κ3) is 6.02. The van der Waals surface area contributed by atoms with Gasteiger partial charge in [-0.3, -0.25) is 14.5 Å². The van der Waals surface area contributed by atoms with Gasteiger partial charge >= 0.3 is 0 Å². The summed E-state index contributed by atoms with van der Waals surface area (Å²) in [5.74, 6) is 0.0582. The van der Waals surface area contributed by atoms with Crippen molar-refractivity contribution in [3.63, 3.8) is 0 Å². The fraction of sp³-hybridized carbons (Fsp3) is 0.846. The van der Waals surface area contributed by atoms with Crippen LogP contribution in [0.5, 0.6) is 0 Å². The Labute approximate surface area is 114 Å². The van der Waals surface area contributed by atoms with E-state index in [9.17, 15) is 9.59 Å². The van der Waals surface area contributed by atoms with E-state index in [1.54, 1.807) is 0 Å². The highest BCUT2D eigenvalue weighted by atomic mass is 16.2. The largest absolute Gasteiger partial charge is 0.354 e. The molecule has 0 unspecified atom stereocenters. The molecule has 2 fully saturated rings. The first-order valence-corrected chi connectivity index (χ1v) is 7.23. The van der Waals surface area contributed by atoms with Crippen LogP contribution in [-0.4, -0.2) is 62.0 Å². The number of hydrogen-bond acceptors (Lipinski definition) is 4. The molecule has 1 saturated heterocycles. The molecule has 0 bridgehead atoms. The number of nitrogens with one attached hydrogen (secondary N) is 3. The number of hydrogen-bond donors (Lipinski definition) is 3. The molecule has 0 aromatic carbocycles. The van der Waals surface area contributed by atoms with Gasteiger partial charge in [0.05, 0.1) is 6.54 Å². The van der Waals surface area contributed by atoms with E-state index in [0.717, 1.165) is 45.4 Å². The molecule has 1 saturated carbocycles. The number of nitrogens with zero attached hydrogens (tertiary/aromatic N) is 1. The number of rotatable bonds is 6. The van der Waals surface area contributed by atoms with Gasteiger partial charge in [-0.1, -0.05) is 0 Å². The molecule has 2 amide bonds. The number of carbonyl (C=O) groups is 2. The second-order valence-corrected chi connectivity index (χ2v) is 5.32. The molecule has 0 spiro atoms. The smallest absolute Gasteiger partial charge is 0.234 e. The van der Waals surface area contributed by atoms with Crippen LogP contribution in [0.1, 0.15) is 25.7 Å². The highest BCUT2D eigenvalue weighted by Crippen LogP contribution is 2.18. The Bertz CT molecular complexity index is 310. The zero-order chi connectivity index (χ0) is 13.5. The molecule has 0 radical (unpaired) electrons. The van der Waals surface area contributed by atoms with E-state index in [1.807, 2.05) is 0 Å². The standard InChI is InChI=1S/C13H24N4O2/c18-12(16-11-2-3-11)4-6-15-13(19)10-17-8-1-5-14-7-9-17/h11,14H,1-10H2,(H,15,19)(H,16,18). The summed E-state index contributed by atoms with van der Waals surface area (Å²) in [6, 6.07) is 0.396. The summed E-state index contributed by atoms with van der Waals surface area (Å²) in [5.41, 5.74) is 0. The van der Waals surface area contributed by atoms with Gasteiger partial charge < -0.3 is 16.0 Å². The van der Waals surface area contributed by atoms with Gasteiger partial charge in [0.25, 0.3) is 0 Å². The Kier molecular flexibility index (Phi) is 5.60. The lowest BCUT2D eigenvalue weighted by Gasteiger charge is -2.18. The molecule has 1 heterocycles. The quantitative estimate of drug-likeness (QED) is 0.582. The van der Waals surface area contributed by atoms with Crippen LogP contribution < -0.4 is 16.0 Å². The second kappa shape index (κ2) is 7.45. The Morgan fingerprint density at radius 1 is 1.16 bits per heavy atom. The van der Waals surface area contributed by atoms with Crippen LogP contribution in [0.3, 0.4) is 0 Å². The molecule has 2 aliphatic rings. The highest BCUT2D eigenvalue weighted by molar-refractivity contribution is 5.80. The molecular formula is C13H24N4O2. The van der Waals surface area contributed by atoms with Crippen LogP contribution in [0.2, 0.25) is 0 Å². The first-order valence-electron chi connectivity index (χ1n) is 7.23. The Morgan fingerprint density at radius 2 is 2.00 bits per heavy atom. The zero-order valence-electron chi connectivity index (χ0n) is 11.4. The van der Waals surface area contributed by atoms with E-state index in [2.05, 4.69) is 20.9 Å². The van der Waals surface area contributed by atoms with Crippen molar-refractivity contribution in [2.24, 2.45) is 0 Å². The zero-order valence-corrected chi connectivity index (χ0v) is 11.4. The van der Waals surface area contributed by atoms with Gasteiger partial charge in [-0.2, -0.15) is 0 Å². The predicted molar refractivity (Wildman–Crippen MR) is 72.7 cm³/mol. The van der Waals surface area contributed by atoms with E-state index in [4.69, 9.17) is 0 Å². The maximum atomic E-state index is 11.7. The molecule has 3 N–H and O–H groups in total. The lowest BCUT2D eigenvalue weighted by Crippen LogP contribution is -2.40. The second-order valence-electron chi connectivity index (χ2n) is 5.32. The van der Waals surface area contributed by atoms with Crippen molar-refractivity contribution in [2.45, 2.75) is 31.7 Å². The van der Waals surface area contributed by atoms with Gasteiger partial charge in [-0.05, 0) is 32.4 Å². The average Bonchev–Trinajstić information content (AvgIpc) is 3.17. The average molecular weight is 268 g/mol. The molecule has 108 valence electrons. The van der Waals surface area contributed by atoms with Crippen LogP contribution in [0, 0.1) is 0 Å². The summed E-state index contributed by atoms with van der Waals surface area (Å²) in [5, 5.41) is 9.03. The van der Waals surface area contributed by atoms with Crippen LogP contribution in [0.4, 0.5) is 0 Å². The molecule has 1 aliphatic heterocycles. The van der Waals surface area contributed by atoms with Gasteiger partial charge in [0, 0.05) is 32.1 Å². The Hall–Kier alpha value is -1.14. The molecule has 19 heavy (non-hydrogen) atoms.